The highest BCUT2D eigenvalue weighted by Gasteiger charge is 2.60. The van der Waals surface area contributed by atoms with Crippen LogP contribution >= 0.6 is 0 Å². The van der Waals surface area contributed by atoms with Crippen LogP contribution in [0.3, 0.4) is 0 Å². The molecule has 17 heavy (non-hydrogen) atoms. The summed E-state index contributed by atoms with van der Waals surface area (Å²) in [6.07, 6.45) is -2.48. The average molecular weight is 252 g/mol. The fourth-order valence-corrected chi connectivity index (χ4v) is 1.86. The van der Waals surface area contributed by atoms with Crippen LogP contribution in [0.15, 0.2) is 24.1 Å². The van der Waals surface area contributed by atoms with Crippen molar-refractivity contribution in [2.75, 3.05) is 0 Å². The Labute approximate surface area is 95.6 Å². The minimum absolute atomic E-state index is 0.299. The van der Waals surface area contributed by atoms with Gasteiger partial charge in [-0.25, -0.2) is 4.39 Å². The van der Waals surface area contributed by atoms with Crippen LogP contribution in [0.25, 0.3) is 0 Å². The largest absolute Gasteiger partial charge is 0.481 e. The van der Waals surface area contributed by atoms with Crippen molar-refractivity contribution in [3.63, 3.8) is 0 Å². The molecule has 96 valence electrons. The Bertz CT molecular complexity index is 379. The third kappa shape index (κ3) is 2.87. The molecule has 0 aromatic rings. The van der Waals surface area contributed by atoms with Gasteiger partial charge in [-0.15, -0.1) is 0 Å². The number of carboxylic acids is 1. The Morgan fingerprint density at radius 1 is 1.35 bits per heavy atom. The summed E-state index contributed by atoms with van der Waals surface area (Å²) in [5.74, 6) is -4.18. The van der Waals surface area contributed by atoms with Crippen molar-refractivity contribution in [3.05, 3.63) is 24.1 Å². The molecule has 1 N–H and O–H groups in total. The van der Waals surface area contributed by atoms with E-state index in [-0.39, 0.29) is 5.92 Å². The van der Waals surface area contributed by atoms with E-state index in [2.05, 4.69) is 0 Å². The molecule has 6 heteroatoms. The van der Waals surface area contributed by atoms with Crippen LogP contribution in [0.1, 0.15) is 13.8 Å². The van der Waals surface area contributed by atoms with Gasteiger partial charge in [0.1, 0.15) is 0 Å². The van der Waals surface area contributed by atoms with E-state index in [1.165, 1.54) is 6.08 Å². The Morgan fingerprint density at radius 3 is 2.24 bits per heavy atom. The third-order valence-corrected chi connectivity index (χ3v) is 3.01. The van der Waals surface area contributed by atoms with Gasteiger partial charge >= 0.3 is 12.1 Å². The van der Waals surface area contributed by atoms with Crippen molar-refractivity contribution in [1.82, 2.24) is 0 Å². The van der Waals surface area contributed by atoms with Gasteiger partial charge in [0.25, 0.3) is 0 Å². The molecule has 1 aliphatic carbocycles. The van der Waals surface area contributed by atoms with Crippen LogP contribution in [-0.2, 0) is 4.79 Å². The summed E-state index contributed by atoms with van der Waals surface area (Å²) in [5, 5.41) is 8.79. The van der Waals surface area contributed by atoms with E-state index >= 15 is 0 Å². The van der Waals surface area contributed by atoms with E-state index < -0.39 is 29.3 Å². The molecule has 2 unspecified atom stereocenters. The normalized spacial score (nSPS) is 28.5. The van der Waals surface area contributed by atoms with Crippen LogP contribution in [0, 0.1) is 17.3 Å². The van der Waals surface area contributed by atoms with Gasteiger partial charge in [0.2, 0.25) is 5.83 Å². The molecule has 1 rings (SSSR count). The molecule has 2 nitrogen and oxygen atoms in total. The fourth-order valence-electron chi connectivity index (χ4n) is 1.86. The highest BCUT2D eigenvalue weighted by molar-refractivity contribution is 5.76. The first-order chi connectivity index (χ1) is 7.58. The maximum atomic E-state index is 12.4. The first kappa shape index (κ1) is 13.7. The topological polar surface area (TPSA) is 37.3 Å². The molecule has 0 aromatic carbocycles. The van der Waals surface area contributed by atoms with Gasteiger partial charge in [-0.1, -0.05) is 26.0 Å². The van der Waals surface area contributed by atoms with Crippen molar-refractivity contribution in [2.45, 2.75) is 20.0 Å². The number of carbonyl (C=O) groups is 1. The number of halogens is 4. The second-order valence-electron chi connectivity index (χ2n) is 4.56. The highest BCUT2D eigenvalue weighted by atomic mass is 19.4. The summed E-state index contributed by atoms with van der Waals surface area (Å²) in [4.78, 5) is 10.7. The van der Waals surface area contributed by atoms with Crippen LogP contribution in [-0.4, -0.2) is 17.3 Å². The fraction of sp³-hybridized carbons (Fsp3) is 0.545. The smallest absolute Gasteiger partial charge is 0.442 e. The number of carboxylic acid groups (broad SMARTS) is 1. The van der Waals surface area contributed by atoms with E-state index in [0.717, 1.165) is 6.08 Å². The van der Waals surface area contributed by atoms with E-state index in [4.69, 9.17) is 5.11 Å². The second kappa shape index (κ2) is 4.16. The zero-order chi connectivity index (χ0) is 13.4. The lowest BCUT2D eigenvalue weighted by Crippen LogP contribution is -2.07. The Kier molecular flexibility index (Phi) is 3.36. The van der Waals surface area contributed by atoms with Gasteiger partial charge in [-0.2, -0.15) is 13.2 Å². The maximum absolute atomic E-state index is 12.4. The number of hydrogen-bond acceptors (Lipinski definition) is 1. The van der Waals surface area contributed by atoms with Crippen LogP contribution < -0.4 is 0 Å². The molecule has 1 fully saturated rings. The summed E-state index contributed by atoms with van der Waals surface area (Å²) in [7, 11) is 0. The van der Waals surface area contributed by atoms with Crippen molar-refractivity contribution in [2.24, 2.45) is 17.3 Å². The molecule has 0 bridgehead atoms. The quantitative estimate of drug-likeness (QED) is 0.618. The van der Waals surface area contributed by atoms with Crippen LogP contribution in [0.5, 0.6) is 0 Å². The van der Waals surface area contributed by atoms with Crippen molar-refractivity contribution >= 4 is 5.97 Å². The number of allylic oxidation sites excluding steroid dienone is 4. The molecule has 0 saturated heterocycles. The van der Waals surface area contributed by atoms with Crippen molar-refractivity contribution in [1.29, 1.82) is 0 Å². The molecule has 0 aromatic heterocycles. The number of alkyl halides is 3. The Hall–Kier alpha value is -1.33. The van der Waals surface area contributed by atoms with E-state index in [1.54, 1.807) is 13.8 Å². The van der Waals surface area contributed by atoms with Crippen molar-refractivity contribution in [3.8, 4) is 0 Å². The summed E-state index contributed by atoms with van der Waals surface area (Å²) < 4.78 is 47.7. The van der Waals surface area contributed by atoms with Crippen LogP contribution in [0.4, 0.5) is 17.6 Å². The summed E-state index contributed by atoms with van der Waals surface area (Å²) in [6, 6.07) is 0. The van der Waals surface area contributed by atoms with Gasteiger partial charge in [0.05, 0.1) is 5.92 Å². The van der Waals surface area contributed by atoms with Crippen molar-refractivity contribution < 1.29 is 27.5 Å². The SMILES string of the molecule is CC1(C)C(/C=C/C=C(\F)C(F)(F)F)C1C(=O)O. The lowest BCUT2D eigenvalue weighted by molar-refractivity contribution is -0.139. The second-order valence-corrected chi connectivity index (χ2v) is 4.56. The summed E-state index contributed by atoms with van der Waals surface area (Å²) in [5.41, 5.74) is -0.495. The zero-order valence-corrected chi connectivity index (χ0v) is 9.25. The molecule has 0 aliphatic heterocycles. The van der Waals surface area contributed by atoms with E-state index in [9.17, 15) is 22.4 Å². The maximum Gasteiger partial charge on any atom is 0.442 e. The summed E-state index contributed by atoms with van der Waals surface area (Å²) in [6.45, 7) is 3.40. The molecule has 0 amide bonds. The number of aliphatic carboxylic acids is 1. The minimum Gasteiger partial charge on any atom is -0.481 e. The Balaban J connectivity index is 2.67. The first-order valence-electron chi connectivity index (χ1n) is 4.92. The Morgan fingerprint density at radius 2 is 1.88 bits per heavy atom. The molecule has 1 aliphatic rings. The van der Waals surface area contributed by atoms with Crippen LogP contribution in [0.2, 0.25) is 0 Å². The molecule has 2 atom stereocenters. The van der Waals surface area contributed by atoms with Gasteiger partial charge in [-0.3, -0.25) is 4.79 Å². The first-order valence-corrected chi connectivity index (χ1v) is 4.92. The third-order valence-electron chi connectivity index (χ3n) is 3.01. The highest BCUT2D eigenvalue weighted by Crippen LogP contribution is 2.59. The van der Waals surface area contributed by atoms with Gasteiger partial charge in [-0.05, 0) is 17.4 Å². The zero-order valence-electron chi connectivity index (χ0n) is 9.25. The predicted molar refractivity (Wildman–Crippen MR) is 52.8 cm³/mol. The minimum atomic E-state index is -4.99. The monoisotopic (exact) mass is 252 g/mol. The predicted octanol–water partition coefficient (Wildman–Crippen LogP) is 3.32. The molecule has 0 heterocycles. The number of rotatable bonds is 3. The molecular weight excluding hydrogens is 240 g/mol. The van der Waals surface area contributed by atoms with Gasteiger partial charge in [0.15, 0.2) is 0 Å². The van der Waals surface area contributed by atoms with E-state index in [0.29, 0.717) is 6.08 Å². The van der Waals surface area contributed by atoms with E-state index in [1.807, 2.05) is 0 Å². The van der Waals surface area contributed by atoms with Gasteiger partial charge < -0.3 is 5.11 Å². The average Bonchev–Trinajstić information content (AvgIpc) is 2.66. The molecular formula is C11H12F4O2. The summed E-state index contributed by atoms with van der Waals surface area (Å²) >= 11 is 0. The molecule has 1 saturated carbocycles. The lowest BCUT2D eigenvalue weighted by atomic mass is 10.1. The standard InChI is InChI=1S/C11H12F4O2/c1-10(2)6(8(10)9(16)17)4-3-5-7(12)11(13,14)15/h3-6,8H,1-2H3,(H,16,17)/b4-3+,7-5-. The number of hydrogen-bond donors (Lipinski definition) is 1. The molecule has 0 spiro atoms. The lowest BCUT2D eigenvalue weighted by Gasteiger charge is -2.00. The van der Waals surface area contributed by atoms with Gasteiger partial charge in [0, 0.05) is 0 Å². The molecule has 0 radical (unpaired) electrons.